The van der Waals surface area contributed by atoms with E-state index < -0.39 is 0 Å². The van der Waals surface area contributed by atoms with Crippen molar-refractivity contribution >= 4 is 35.2 Å². The van der Waals surface area contributed by atoms with Gasteiger partial charge in [-0.1, -0.05) is 67.7 Å². The first-order chi connectivity index (χ1) is 14.6. The minimum Gasteiger partial charge on any atom is -0.353 e. The lowest BCUT2D eigenvalue weighted by molar-refractivity contribution is -0.130. The molecule has 1 saturated heterocycles. The highest BCUT2D eigenvalue weighted by Gasteiger charge is 2.61. The minimum atomic E-state index is 0.221. The van der Waals surface area contributed by atoms with Crippen LogP contribution in [0.2, 0.25) is 0 Å². The Morgan fingerprint density at radius 2 is 1.93 bits per heavy atom. The van der Waals surface area contributed by atoms with Crippen LogP contribution in [0.1, 0.15) is 43.7 Å². The van der Waals surface area contributed by atoms with Gasteiger partial charge >= 0.3 is 0 Å². The van der Waals surface area contributed by atoms with Gasteiger partial charge in [-0.2, -0.15) is 0 Å². The fourth-order valence-electron chi connectivity index (χ4n) is 4.71. The Morgan fingerprint density at radius 1 is 1.17 bits per heavy atom. The van der Waals surface area contributed by atoms with Crippen molar-refractivity contribution in [1.82, 2.24) is 14.9 Å². The zero-order valence-electron chi connectivity index (χ0n) is 17.6. The van der Waals surface area contributed by atoms with Crippen molar-refractivity contribution in [2.75, 3.05) is 36.8 Å². The monoisotopic (exact) mass is 440 g/mol. The molecule has 5 nitrogen and oxygen atoms in total. The highest BCUT2D eigenvalue weighted by atomic mass is 32.2. The Labute approximate surface area is 187 Å². The van der Waals surface area contributed by atoms with Gasteiger partial charge in [0.15, 0.2) is 5.16 Å². The summed E-state index contributed by atoms with van der Waals surface area (Å²) in [6.45, 7) is 7.66. The fourth-order valence-corrected chi connectivity index (χ4v) is 6.84. The maximum Gasteiger partial charge on any atom is 0.227 e. The van der Waals surface area contributed by atoms with Crippen LogP contribution in [0.4, 0.5) is 5.82 Å². The SMILES string of the molecule is CCSc1nc2c(c(N3CCN(C(=O)Cc4ccccc4)CC3)n1)C1CC1(CC)S2. The fraction of sp³-hybridized carbons (Fsp3) is 0.522. The molecule has 2 aromatic rings. The summed E-state index contributed by atoms with van der Waals surface area (Å²) in [5.74, 6) is 2.94. The molecule has 0 N–H and O–H groups in total. The van der Waals surface area contributed by atoms with Crippen LogP contribution in [0.25, 0.3) is 0 Å². The van der Waals surface area contributed by atoms with Gasteiger partial charge in [-0.3, -0.25) is 4.79 Å². The number of benzene rings is 1. The Kier molecular flexibility index (Phi) is 5.44. The third kappa shape index (κ3) is 3.60. The molecule has 2 fully saturated rings. The van der Waals surface area contributed by atoms with Crippen molar-refractivity contribution in [3.05, 3.63) is 41.5 Å². The zero-order chi connectivity index (χ0) is 20.7. The number of anilines is 1. The average molecular weight is 441 g/mol. The molecule has 7 heteroatoms. The predicted molar refractivity (Wildman–Crippen MR) is 124 cm³/mol. The van der Waals surface area contributed by atoms with E-state index in [2.05, 4.69) is 18.7 Å². The van der Waals surface area contributed by atoms with Crippen LogP contribution < -0.4 is 4.90 Å². The smallest absolute Gasteiger partial charge is 0.227 e. The highest BCUT2D eigenvalue weighted by Crippen LogP contribution is 2.72. The van der Waals surface area contributed by atoms with Gasteiger partial charge in [-0.15, -0.1) is 0 Å². The minimum absolute atomic E-state index is 0.221. The van der Waals surface area contributed by atoms with Gasteiger partial charge in [0.05, 0.1) is 6.42 Å². The van der Waals surface area contributed by atoms with E-state index in [4.69, 9.17) is 9.97 Å². The Hall–Kier alpha value is -1.73. The lowest BCUT2D eigenvalue weighted by Gasteiger charge is -2.36. The molecule has 1 aromatic carbocycles. The Morgan fingerprint density at radius 3 is 2.63 bits per heavy atom. The van der Waals surface area contributed by atoms with E-state index in [1.165, 1.54) is 23.4 Å². The van der Waals surface area contributed by atoms with Gasteiger partial charge in [-0.25, -0.2) is 9.97 Å². The quantitative estimate of drug-likeness (QED) is 0.381. The van der Waals surface area contributed by atoms with E-state index >= 15 is 0 Å². The number of aromatic nitrogens is 2. The number of amides is 1. The lowest BCUT2D eigenvalue weighted by atomic mass is 10.1. The molecule has 1 amide bonds. The maximum absolute atomic E-state index is 12.8. The van der Waals surface area contributed by atoms with Crippen LogP contribution >= 0.6 is 23.5 Å². The topological polar surface area (TPSA) is 49.3 Å². The Bertz CT molecular complexity index is 946. The van der Waals surface area contributed by atoms with Crippen LogP contribution in [0, 0.1) is 0 Å². The summed E-state index contributed by atoms with van der Waals surface area (Å²) in [6, 6.07) is 10.0. The van der Waals surface area contributed by atoms with Crippen molar-refractivity contribution in [2.24, 2.45) is 0 Å². The molecule has 1 aromatic heterocycles. The summed E-state index contributed by atoms with van der Waals surface area (Å²) in [7, 11) is 0. The van der Waals surface area contributed by atoms with Gasteiger partial charge in [-0.05, 0) is 24.2 Å². The van der Waals surface area contributed by atoms with Crippen LogP contribution in [0.5, 0.6) is 0 Å². The van der Waals surface area contributed by atoms with E-state index in [0.29, 0.717) is 17.1 Å². The van der Waals surface area contributed by atoms with E-state index in [0.717, 1.165) is 48.5 Å². The summed E-state index contributed by atoms with van der Waals surface area (Å²) in [5.41, 5.74) is 2.47. The molecular weight excluding hydrogens is 412 g/mol. The maximum atomic E-state index is 12.8. The van der Waals surface area contributed by atoms with E-state index in [1.807, 2.05) is 47.0 Å². The standard InChI is InChI=1S/C23H28N4OS2/c1-3-23-15-17(23)19-20(24-22(29-4-2)25-21(19)30-23)27-12-10-26(11-13-27)18(28)14-16-8-6-5-7-9-16/h5-9,17H,3-4,10-15H2,1-2H3. The first-order valence-electron chi connectivity index (χ1n) is 10.9. The number of carbonyl (C=O) groups is 1. The van der Waals surface area contributed by atoms with Crippen molar-refractivity contribution in [1.29, 1.82) is 0 Å². The summed E-state index contributed by atoms with van der Waals surface area (Å²) in [4.78, 5) is 27.0. The lowest BCUT2D eigenvalue weighted by Crippen LogP contribution is -2.49. The Balaban J connectivity index is 1.31. The number of hydrogen-bond acceptors (Lipinski definition) is 6. The number of fused-ring (bicyclic) bond motifs is 3. The molecule has 3 heterocycles. The third-order valence-corrected chi connectivity index (χ3v) is 8.93. The first-order valence-corrected chi connectivity index (χ1v) is 12.7. The number of rotatable bonds is 6. The molecule has 5 rings (SSSR count). The van der Waals surface area contributed by atoms with Crippen LogP contribution in [0.15, 0.2) is 40.5 Å². The molecule has 2 aliphatic heterocycles. The summed E-state index contributed by atoms with van der Waals surface area (Å²) in [6.07, 6.45) is 2.93. The van der Waals surface area contributed by atoms with E-state index in [-0.39, 0.29) is 5.91 Å². The molecule has 1 saturated carbocycles. The molecule has 0 bridgehead atoms. The first kappa shape index (κ1) is 20.2. The van der Waals surface area contributed by atoms with E-state index in [1.54, 1.807) is 11.8 Å². The summed E-state index contributed by atoms with van der Waals surface area (Å²) in [5, 5.41) is 2.10. The molecule has 0 radical (unpaired) electrons. The van der Waals surface area contributed by atoms with Crippen LogP contribution in [-0.2, 0) is 11.2 Å². The largest absolute Gasteiger partial charge is 0.353 e. The van der Waals surface area contributed by atoms with Gasteiger partial charge < -0.3 is 9.80 Å². The molecule has 2 unspecified atom stereocenters. The molecule has 158 valence electrons. The second-order valence-corrected chi connectivity index (χ2v) is 10.9. The average Bonchev–Trinajstić information content (AvgIpc) is 3.39. The van der Waals surface area contributed by atoms with Crippen LogP contribution in [-0.4, -0.2) is 57.5 Å². The molecule has 2 atom stereocenters. The van der Waals surface area contributed by atoms with E-state index in [9.17, 15) is 4.79 Å². The van der Waals surface area contributed by atoms with Gasteiger partial charge in [0.2, 0.25) is 5.91 Å². The molecule has 30 heavy (non-hydrogen) atoms. The third-order valence-electron chi connectivity index (χ3n) is 6.55. The second kappa shape index (κ2) is 8.08. The number of carbonyl (C=O) groups excluding carboxylic acids is 1. The van der Waals surface area contributed by atoms with Crippen LogP contribution in [0.3, 0.4) is 0 Å². The molecule has 1 aliphatic carbocycles. The highest BCUT2D eigenvalue weighted by molar-refractivity contribution is 8.01. The second-order valence-electron chi connectivity index (χ2n) is 8.29. The van der Waals surface area contributed by atoms with Gasteiger partial charge in [0.25, 0.3) is 0 Å². The number of piperazine rings is 1. The summed E-state index contributed by atoms with van der Waals surface area (Å²) < 4.78 is 0.370. The number of thioether (sulfide) groups is 2. The predicted octanol–water partition coefficient (Wildman–Crippen LogP) is 4.22. The van der Waals surface area contributed by atoms with Crippen molar-refractivity contribution in [3.63, 3.8) is 0 Å². The van der Waals surface area contributed by atoms with Gasteiger partial charge in [0, 0.05) is 42.4 Å². The summed E-state index contributed by atoms with van der Waals surface area (Å²) >= 11 is 3.70. The number of hydrogen-bond donors (Lipinski definition) is 0. The zero-order valence-corrected chi connectivity index (χ0v) is 19.3. The van der Waals surface area contributed by atoms with Crippen molar-refractivity contribution < 1.29 is 4.79 Å². The molecular formula is C23H28N4OS2. The normalized spacial score (nSPS) is 24.5. The van der Waals surface area contributed by atoms with Gasteiger partial charge in [0.1, 0.15) is 10.8 Å². The van der Waals surface area contributed by atoms with Crippen molar-refractivity contribution in [2.45, 2.75) is 54.0 Å². The molecule has 0 spiro atoms. The molecule has 3 aliphatic rings. The van der Waals surface area contributed by atoms with Crippen molar-refractivity contribution in [3.8, 4) is 0 Å². The number of nitrogens with zero attached hydrogens (tertiary/aromatic N) is 4.